The molecule has 1 aromatic carbocycles. The van der Waals surface area contributed by atoms with Gasteiger partial charge in [-0.05, 0) is 25.1 Å². The van der Waals surface area contributed by atoms with Crippen molar-refractivity contribution in [1.82, 2.24) is 0 Å². The molecule has 0 aliphatic rings. The van der Waals surface area contributed by atoms with Crippen LogP contribution in [0, 0.1) is 0 Å². The van der Waals surface area contributed by atoms with Crippen molar-refractivity contribution in [2.45, 2.75) is 18.2 Å². The summed E-state index contributed by atoms with van der Waals surface area (Å²) in [6, 6.07) is 6.90. The van der Waals surface area contributed by atoms with Gasteiger partial charge in [-0.15, -0.1) is 0 Å². The summed E-state index contributed by atoms with van der Waals surface area (Å²) in [6.45, 7) is 1.50. The highest BCUT2D eigenvalue weighted by Gasteiger charge is 2.05. The van der Waals surface area contributed by atoms with E-state index in [1.807, 2.05) is 0 Å². The molecule has 0 heterocycles. The first-order chi connectivity index (χ1) is 6.59. The molecule has 0 N–H and O–H groups in total. The van der Waals surface area contributed by atoms with E-state index >= 15 is 0 Å². The minimum absolute atomic E-state index is 0.0559. The standard InChI is InChI=1S/C10H11ClO2S/c1-8(12)5-6-14(13)10-4-2-3-9(11)7-10/h2-4,7H,5-6H2,1H3. The number of carbonyl (C=O) groups excluding carboxylic acids is 1. The van der Waals surface area contributed by atoms with Crippen LogP contribution >= 0.6 is 11.6 Å². The molecule has 1 unspecified atom stereocenters. The molecule has 0 aromatic heterocycles. The van der Waals surface area contributed by atoms with Gasteiger partial charge in [0.1, 0.15) is 5.78 Å². The van der Waals surface area contributed by atoms with Crippen molar-refractivity contribution in [2.24, 2.45) is 0 Å². The highest BCUT2D eigenvalue weighted by atomic mass is 35.5. The monoisotopic (exact) mass is 230 g/mol. The van der Waals surface area contributed by atoms with Gasteiger partial charge in [-0.1, -0.05) is 17.7 Å². The Kier molecular flexibility index (Phi) is 4.29. The topological polar surface area (TPSA) is 34.1 Å². The zero-order chi connectivity index (χ0) is 10.6. The first-order valence-electron chi connectivity index (χ1n) is 4.23. The first-order valence-corrected chi connectivity index (χ1v) is 5.92. The van der Waals surface area contributed by atoms with Crippen molar-refractivity contribution in [1.29, 1.82) is 0 Å². The fraction of sp³-hybridized carbons (Fsp3) is 0.300. The molecule has 4 heteroatoms. The van der Waals surface area contributed by atoms with Crippen LogP contribution in [0.15, 0.2) is 29.2 Å². The van der Waals surface area contributed by atoms with Crippen molar-refractivity contribution >= 4 is 28.2 Å². The van der Waals surface area contributed by atoms with E-state index in [1.165, 1.54) is 6.92 Å². The summed E-state index contributed by atoms with van der Waals surface area (Å²) in [5.41, 5.74) is 0. The van der Waals surface area contributed by atoms with E-state index in [0.717, 1.165) is 0 Å². The molecule has 14 heavy (non-hydrogen) atoms. The average molecular weight is 231 g/mol. The van der Waals surface area contributed by atoms with Crippen molar-refractivity contribution in [3.63, 3.8) is 0 Å². The molecule has 0 spiro atoms. The van der Waals surface area contributed by atoms with Crippen LogP contribution in [-0.2, 0) is 15.6 Å². The molecular formula is C10H11ClO2S. The number of rotatable bonds is 4. The molecule has 0 amide bonds. The van der Waals surface area contributed by atoms with Gasteiger partial charge in [0, 0.05) is 22.1 Å². The van der Waals surface area contributed by atoms with Gasteiger partial charge in [0.25, 0.3) is 0 Å². The number of halogens is 1. The zero-order valence-corrected chi connectivity index (χ0v) is 9.40. The maximum Gasteiger partial charge on any atom is 0.130 e. The van der Waals surface area contributed by atoms with E-state index in [1.54, 1.807) is 24.3 Å². The van der Waals surface area contributed by atoms with Gasteiger partial charge in [0.05, 0.1) is 10.8 Å². The fourth-order valence-electron chi connectivity index (χ4n) is 0.963. The van der Waals surface area contributed by atoms with Gasteiger partial charge in [0.2, 0.25) is 0 Å². The summed E-state index contributed by atoms with van der Waals surface area (Å²) in [4.78, 5) is 11.4. The normalized spacial score (nSPS) is 12.4. The van der Waals surface area contributed by atoms with Crippen molar-refractivity contribution < 1.29 is 9.00 Å². The second kappa shape index (κ2) is 5.27. The minimum Gasteiger partial charge on any atom is -0.300 e. The van der Waals surface area contributed by atoms with Crippen LogP contribution in [-0.4, -0.2) is 15.7 Å². The van der Waals surface area contributed by atoms with E-state index in [2.05, 4.69) is 0 Å². The Morgan fingerprint density at radius 1 is 1.50 bits per heavy atom. The van der Waals surface area contributed by atoms with Crippen LogP contribution in [0.25, 0.3) is 0 Å². The largest absolute Gasteiger partial charge is 0.300 e. The SMILES string of the molecule is CC(=O)CCS(=O)c1cccc(Cl)c1. The number of hydrogen-bond donors (Lipinski definition) is 0. The second-order valence-corrected chi connectivity index (χ2v) is 4.97. The van der Waals surface area contributed by atoms with Crippen LogP contribution in [0.2, 0.25) is 5.02 Å². The summed E-state index contributed by atoms with van der Waals surface area (Å²) >= 11 is 5.75. The summed E-state index contributed by atoms with van der Waals surface area (Å²) in [5, 5.41) is 0.568. The highest BCUT2D eigenvalue weighted by Crippen LogP contribution is 2.14. The van der Waals surface area contributed by atoms with E-state index in [4.69, 9.17) is 11.6 Å². The third kappa shape index (κ3) is 3.60. The third-order valence-corrected chi connectivity index (χ3v) is 3.29. The van der Waals surface area contributed by atoms with E-state index in [0.29, 0.717) is 22.1 Å². The summed E-state index contributed by atoms with van der Waals surface area (Å²) in [6.07, 6.45) is 0.346. The predicted molar refractivity (Wildman–Crippen MR) is 58.0 cm³/mol. The number of Topliss-reactive ketones (excluding diaryl/α,β-unsaturated/α-hetero) is 1. The molecule has 1 aromatic rings. The fourth-order valence-corrected chi connectivity index (χ4v) is 2.42. The predicted octanol–water partition coefficient (Wildman–Crippen LogP) is 2.43. The van der Waals surface area contributed by atoms with Gasteiger partial charge in [-0.3, -0.25) is 9.00 Å². The van der Waals surface area contributed by atoms with Crippen LogP contribution in [0.4, 0.5) is 0 Å². The third-order valence-electron chi connectivity index (χ3n) is 1.70. The Hall–Kier alpha value is -0.670. The molecule has 0 radical (unpaired) electrons. The molecule has 1 atom stereocenters. The molecule has 2 nitrogen and oxygen atoms in total. The smallest absolute Gasteiger partial charge is 0.130 e. The number of ketones is 1. The lowest BCUT2D eigenvalue weighted by atomic mass is 10.4. The molecule has 0 saturated heterocycles. The molecule has 76 valence electrons. The Bertz CT molecular complexity index is 363. The molecule has 0 bridgehead atoms. The van der Waals surface area contributed by atoms with Crippen LogP contribution in [0.3, 0.4) is 0 Å². The van der Waals surface area contributed by atoms with Gasteiger partial charge < -0.3 is 0 Å². The molecular weight excluding hydrogens is 220 g/mol. The van der Waals surface area contributed by atoms with Crippen molar-refractivity contribution in [3.05, 3.63) is 29.3 Å². The van der Waals surface area contributed by atoms with Gasteiger partial charge >= 0.3 is 0 Å². The van der Waals surface area contributed by atoms with E-state index in [-0.39, 0.29) is 5.78 Å². The maximum atomic E-state index is 11.6. The Labute approximate surface area is 90.7 Å². The van der Waals surface area contributed by atoms with Crippen LogP contribution in [0.1, 0.15) is 13.3 Å². The number of benzene rings is 1. The molecule has 0 aliphatic carbocycles. The molecule has 1 rings (SSSR count). The minimum atomic E-state index is -1.12. The summed E-state index contributed by atoms with van der Waals surface area (Å²) < 4.78 is 11.6. The lowest BCUT2D eigenvalue weighted by Gasteiger charge is -2.00. The van der Waals surface area contributed by atoms with Crippen molar-refractivity contribution in [2.75, 3.05) is 5.75 Å². The Morgan fingerprint density at radius 3 is 2.79 bits per heavy atom. The second-order valence-electron chi connectivity index (χ2n) is 2.96. The Balaban J connectivity index is 2.65. The molecule has 0 fully saturated rings. The number of hydrogen-bond acceptors (Lipinski definition) is 2. The Morgan fingerprint density at radius 2 is 2.21 bits per heavy atom. The summed E-state index contributed by atoms with van der Waals surface area (Å²) in [7, 11) is -1.12. The molecule has 0 saturated carbocycles. The van der Waals surface area contributed by atoms with Gasteiger partial charge in [0.15, 0.2) is 0 Å². The summed E-state index contributed by atoms with van der Waals surface area (Å²) in [5.74, 6) is 0.427. The lowest BCUT2D eigenvalue weighted by molar-refractivity contribution is -0.116. The average Bonchev–Trinajstić information content (AvgIpc) is 2.14. The quantitative estimate of drug-likeness (QED) is 0.796. The highest BCUT2D eigenvalue weighted by molar-refractivity contribution is 7.85. The van der Waals surface area contributed by atoms with Gasteiger partial charge in [-0.25, -0.2) is 0 Å². The van der Waals surface area contributed by atoms with Gasteiger partial charge in [-0.2, -0.15) is 0 Å². The van der Waals surface area contributed by atoms with E-state index in [9.17, 15) is 9.00 Å². The molecule has 0 aliphatic heterocycles. The number of carbonyl (C=O) groups is 1. The van der Waals surface area contributed by atoms with E-state index < -0.39 is 10.8 Å². The maximum absolute atomic E-state index is 11.6. The van der Waals surface area contributed by atoms with Crippen LogP contribution in [0.5, 0.6) is 0 Å². The van der Waals surface area contributed by atoms with Crippen molar-refractivity contribution in [3.8, 4) is 0 Å². The first kappa shape index (κ1) is 11.4. The lowest BCUT2D eigenvalue weighted by Crippen LogP contribution is -2.02. The zero-order valence-electron chi connectivity index (χ0n) is 7.83. The van der Waals surface area contributed by atoms with Crippen LogP contribution < -0.4 is 0 Å².